The van der Waals surface area contributed by atoms with Crippen LogP contribution in [0.5, 0.6) is 0 Å². The summed E-state index contributed by atoms with van der Waals surface area (Å²) >= 11 is 1.50. The maximum atomic E-state index is 13.4. The molecule has 1 N–H and O–H groups in total. The second-order valence-electron chi connectivity index (χ2n) is 4.48. The van der Waals surface area contributed by atoms with Crippen LogP contribution in [-0.2, 0) is 6.54 Å². The number of thiazole rings is 1. The Balaban J connectivity index is 1.98. The van der Waals surface area contributed by atoms with Crippen molar-refractivity contribution in [2.75, 3.05) is 0 Å². The van der Waals surface area contributed by atoms with Crippen LogP contribution in [-0.4, -0.2) is 10.9 Å². The highest BCUT2D eigenvalue weighted by molar-refractivity contribution is 7.09. The lowest BCUT2D eigenvalue weighted by atomic mass is 10.2. The van der Waals surface area contributed by atoms with Gasteiger partial charge in [-0.05, 0) is 18.1 Å². The topological polar surface area (TPSA) is 42.0 Å². The molecule has 0 aliphatic carbocycles. The van der Waals surface area contributed by atoms with E-state index in [2.05, 4.69) is 24.1 Å². The van der Waals surface area contributed by atoms with E-state index in [1.54, 1.807) is 12.1 Å². The van der Waals surface area contributed by atoms with Crippen molar-refractivity contribution in [2.24, 2.45) is 0 Å². The molecule has 0 spiro atoms. The van der Waals surface area contributed by atoms with E-state index in [1.807, 2.05) is 5.38 Å². The minimum atomic E-state index is -0.512. The largest absolute Gasteiger partial charge is 0.345 e. The van der Waals surface area contributed by atoms with E-state index in [0.717, 1.165) is 10.7 Å². The molecule has 3 nitrogen and oxygen atoms in total. The van der Waals surface area contributed by atoms with Crippen molar-refractivity contribution in [3.05, 3.63) is 51.7 Å². The third kappa shape index (κ3) is 3.38. The van der Waals surface area contributed by atoms with Crippen molar-refractivity contribution < 1.29 is 9.18 Å². The van der Waals surface area contributed by atoms with Gasteiger partial charge in [0, 0.05) is 5.38 Å². The summed E-state index contributed by atoms with van der Waals surface area (Å²) in [5.41, 5.74) is 1.07. The summed E-state index contributed by atoms with van der Waals surface area (Å²) in [6.45, 7) is 4.46. The first-order chi connectivity index (χ1) is 9.08. The Hall–Kier alpha value is -1.75. The van der Waals surface area contributed by atoms with E-state index in [0.29, 0.717) is 12.5 Å². The van der Waals surface area contributed by atoms with Gasteiger partial charge in [0.15, 0.2) is 0 Å². The second kappa shape index (κ2) is 5.93. The van der Waals surface area contributed by atoms with Crippen LogP contribution >= 0.6 is 11.3 Å². The van der Waals surface area contributed by atoms with Crippen LogP contribution in [0.3, 0.4) is 0 Å². The van der Waals surface area contributed by atoms with Crippen LogP contribution in [0.1, 0.15) is 40.8 Å². The van der Waals surface area contributed by atoms with Crippen LogP contribution in [0.2, 0.25) is 0 Å². The summed E-state index contributed by atoms with van der Waals surface area (Å²) in [5.74, 6) is -0.561. The Morgan fingerprint density at radius 2 is 2.16 bits per heavy atom. The molecular weight excluding hydrogens is 263 g/mol. The monoisotopic (exact) mass is 278 g/mol. The molecule has 100 valence electrons. The number of hydrogen-bond acceptors (Lipinski definition) is 3. The molecule has 0 unspecified atom stereocenters. The molecule has 5 heteroatoms. The van der Waals surface area contributed by atoms with Crippen LogP contribution in [0.4, 0.5) is 4.39 Å². The lowest BCUT2D eigenvalue weighted by Crippen LogP contribution is -2.23. The SMILES string of the molecule is CC(C)c1csc(CNC(=O)c2ccccc2F)n1. The Morgan fingerprint density at radius 3 is 2.79 bits per heavy atom. The van der Waals surface area contributed by atoms with E-state index in [1.165, 1.54) is 23.5 Å². The molecule has 0 bridgehead atoms. The minimum Gasteiger partial charge on any atom is -0.345 e. The van der Waals surface area contributed by atoms with Gasteiger partial charge in [-0.1, -0.05) is 26.0 Å². The number of amides is 1. The first-order valence-corrected chi connectivity index (χ1v) is 6.93. The first-order valence-electron chi connectivity index (χ1n) is 6.05. The van der Waals surface area contributed by atoms with Gasteiger partial charge in [0.25, 0.3) is 5.91 Å². The molecule has 2 rings (SSSR count). The van der Waals surface area contributed by atoms with Gasteiger partial charge in [0.2, 0.25) is 0 Å². The summed E-state index contributed by atoms with van der Waals surface area (Å²) in [6, 6.07) is 5.93. The van der Waals surface area contributed by atoms with Gasteiger partial charge in [-0.15, -0.1) is 11.3 Å². The minimum absolute atomic E-state index is 0.0585. The molecule has 1 heterocycles. The van der Waals surface area contributed by atoms with E-state index < -0.39 is 11.7 Å². The Kier molecular flexibility index (Phi) is 4.27. The summed E-state index contributed by atoms with van der Waals surface area (Å²) < 4.78 is 13.4. The number of carbonyl (C=O) groups is 1. The zero-order valence-electron chi connectivity index (χ0n) is 10.8. The second-order valence-corrected chi connectivity index (χ2v) is 5.43. The van der Waals surface area contributed by atoms with Crippen LogP contribution < -0.4 is 5.32 Å². The number of halogens is 1. The fraction of sp³-hybridized carbons (Fsp3) is 0.286. The molecule has 1 aromatic carbocycles. The van der Waals surface area contributed by atoms with Crippen molar-refractivity contribution in [2.45, 2.75) is 26.3 Å². The van der Waals surface area contributed by atoms with Gasteiger partial charge in [0.1, 0.15) is 10.8 Å². The van der Waals surface area contributed by atoms with Gasteiger partial charge >= 0.3 is 0 Å². The normalized spacial score (nSPS) is 10.7. The number of carbonyl (C=O) groups excluding carboxylic acids is 1. The zero-order chi connectivity index (χ0) is 13.8. The number of nitrogens with zero attached hydrogens (tertiary/aromatic N) is 1. The predicted octanol–water partition coefficient (Wildman–Crippen LogP) is 3.34. The van der Waals surface area contributed by atoms with Crippen LogP contribution in [0.25, 0.3) is 0 Å². The van der Waals surface area contributed by atoms with Crippen molar-refractivity contribution >= 4 is 17.2 Å². The maximum Gasteiger partial charge on any atom is 0.254 e. The van der Waals surface area contributed by atoms with Gasteiger partial charge in [-0.2, -0.15) is 0 Å². The summed E-state index contributed by atoms with van der Waals surface area (Å²) in [7, 11) is 0. The van der Waals surface area contributed by atoms with E-state index in [9.17, 15) is 9.18 Å². The number of hydrogen-bond donors (Lipinski definition) is 1. The lowest BCUT2D eigenvalue weighted by Gasteiger charge is -2.04. The van der Waals surface area contributed by atoms with Crippen LogP contribution in [0, 0.1) is 5.82 Å². The number of benzene rings is 1. The fourth-order valence-electron chi connectivity index (χ4n) is 1.57. The molecule has 0 saturated heterocycles. The van der Waals surface area contributed by atoms with Gasteiger partial charge in [-0.25, -0.2) is 9.37 Å². The number of nitrogens with one attached hydrogen (secondary N) is 1. The quantitative estimate of drug-likeness (QED) is 0.932. The molecule has 2 aromatic rings. The smallest absolute Gasteiger partial charge is 0.254 e. The van der Waals surface area contributed by atoms with Crippen molar-refractivity contribution in [3.63, 3.8) is 0 Å². The average molecular weight is 278 g/mol. The zero-order valence-corrected chi connectivity index (χ0v) is 11.6. The third-order valence-electron chi connectivity index (χ3n) is 2.68. The standard InChI is InChI=1S/C14H15FN2OS/c1-9(2)12-8-19-13(17-12)7-16-14(18)10-5-3-4-6-11(10)15/h3-6,8-9H,7H2,1-2H3,(H,16,18). The van der Waals surface area contributed by atoms with Gasteiger partial charge < -0.3 is 5.32 Å². The molecule has 19 heavy (non-hydrogen) atoms. The molecule has 0 aliphatic heterocycles. The van der Waals surface area contributed by atoms with E-state index in [4.69, 9.17) is 0 Å². The Bertz CT molecular complexity index is 580. The van der Waals surface area contributed by atoms with E-state index >= 15 is 0 Å². The molecule has 0 aliphatic rings. The van der Waals surface area contributed by atoms with Gasteiger partial charge in [0.05, 0.1) is 17.8 Å². The molecule has 0 fully saturated rings. The molecule has 0 saturated carbocycles. The van der Waals surface area contributed by atoms with Crippen molar-refractivity contribution in [1.82, 2.24) is 10.3 Å². The lowest BCUT2D eigenvalue weighted by molar-refractivity contribution is 0.0947. The molecule has 0 atom stereocenters. The summed E-state index contributed by atoms with van der Waals surface area (Å²) in [6.07, 6.45) is 0. The molecule has 1 amide bonds. The van der Waals surface area contributed by atoms with Gasteiger partial charge in [-0.3, -0.25) is 4.79 Å². The van der Waals surface area contributed by atoms with E-state index in [-0.39, 0.29) is 5.56 Å². The Labute approximate surface area is 115 Å². The highest BCUT2D eigenvalue weighted by Crippen LogP contribution is 2.17. The molecule has 1 aromatic heterocycles. The molecule has 0 radical (unpaired) electrons. The summed E-state index contributed by atoms with van der Waals surface area (Å²) in [4.78, 5) is 16.2. The first kappa shape index (κ1) is 13.7. The third-order valence-corrected chi connectivity index (χ3v) is 3.55. The van der Waals surface area contributed by atoms with Crippen molar-refractivity contribution in [3.8, 4) is 0 Å². The number of aromatic nitrogens is 1. The Morgan fingerprint density at radius 1 is 1.42 bits per heavy atom. The predicted molar refractivity (Wildman–Crippen MR) is 73.8 cm³/mol. The highest BCUT2D eigenvalue weighted by Gasteiger charge is 2.11. The fourth-order valence-corrected chi connectivity index (χ4v) is 2.46. The summed E-state index contributed by atoms with van der Waals surface area (Å²) in [5, 5.41) is 5.49. The molecular formula is C14H15FN2OS. The van der Waals surface area contributed by atoms with Crippen molar-refractivity contribution in [1.29, 1.82) is 0 Å². The number of rotatable bonds is 4. The highest BCUT2D eigenvalue weighted by atomic mass is 32.1. The average Bonchev–Trinajstić information content (AvgIpc) is 2.85. The maximum absolute atomic E-state index is 13.4. The van der Waals surface area contributed by atoms with Crippen LogP contribution in [0.15, 0.2) is 29.6 Å².